The van der Waals surface area contributed by atoms with Crippen molar-refractivity contribution < 1.29 is 0 Å². The normalized spacial score (nSPS) is 14.9. The quantitative estimate of drug-likeness (QED) is 0.824. The van der Waals surface area contributed by atoms with E-state index in [-0.39, 0.29) is 0 Å². The second-order valence-corrected chi connectivity index (χ2v) is 5.22. The molecule has 1 aromatic heterocycles. The first-order chi connectivity index (χ1) is 8.01. The highest BCUT2D eigenvalue weighted by Gasteiger charge is 2.16. The molecule has 2 atom stereocenters. The van der Waals surface area contributed by atoms with E-state index in [9.17, 15) is 0 Å². The molecule has 1 heterocycles. The summed E-state index contributed by atoms with van der Waals surface area (Å²) in [5.41, 5.74) is 3.98. The Morgan fingerprint density at radius 2 is 1.94 bits per heavy atom. The minimum atomic E-state index is 0.502. The van der Waals surface area contributed by atoms with Crippen LogP contribution in [-0.4, -0.2) is 23.4 Å². The van der Waals surface area contributed by atoms with E-state index in [0.717, 1.165) is 19.4 Å². The maximum absolute atomic E-state index is 4.69. The molecule has 98 valence electrons. The van der Waals surface area contributed by atoms with Gasteiger partial charge in [0.1, 0.15) is 0 Å². The zero-order valence-electron chi connectivity index (χ0n) is 12.2. The molecule has 0 fully saturated rings. The smallest absolute Gasteiger partial charge is 0.0628 e. The van der Waals surface area contributed by atoms with Gasteiger partial charge in [-0.3, -0.25) is 4.68 Å². The summed E-state index contributed by atoms with van der Waals surface area (Å²) in [6.07, 6.45) is 2.25. The third-order valence-corrected chi connectivity index (χ3v) is 3.59. The first-order valence-electron chi connectivity index (χ1n) is 6.70. The summed E-state index contributed by atoms with van der Waals surface area (Å²) < 4.78 is 2.19. The lowest BCUT2D eigenvalue weighted by Crippen LogP contribution is -2.18. The molecule has 0 radical (unpaired) electrons. The van der Waals surface area contributed by atoms with Gasteiger partial charge in [0, 0.05) is 11.7 Å². The maximum atomic E-state index is 4.69. The fourth-order valence-electron chi connectivity index (χ4n) is 2.36. The van der Waals surface area contributed by atoms with Crippen molar-refractivity contribution in [1.82, 2.24) is 15.1 Å². The number of aromatic nitrogens is 2. The molecule has 0 saturated heterocycles. The standard InChI is InChI=1S/C14H27N3/c1-7-11(3)17-13(5)14(12(4)16-17)8-10(2)9-15-6/h10-11,15H,7-9H2,1-6H3. The van der Waals surface area contributed by atoms with Crippen molar-refractivity contribution in [2.24, 2.45) is 5.92 Å². The predicted molar refractivity (Wildman–Crippen MR) is 73.5 cm³/mol. The molecule has 2 unspecified atom stereocenters. The second kappa shape index (κ2) is 6.20. The third-order valence-electron chi connectivity index (χ3n) is 3.59. The van der Waals surface area contributed by atoms with Crippen LogP contribution in [0.25, 0.3) is 0 Å². The van der Waals surface area contributed by atoms with E-state index in [1.54, 1.807) is 0 Å². The molecule has 0 aliphatic carbocycles. The highest BCUT2D eigenvalue weighted by molar-refractivity contribution is 5.25. The summed E-state index contributed by atoms with van der Waals surface area (Å²) in [4.78, 5) is 0. The molecular weight excluding hydrogens is 210 g/mol. The van der Waals surface area contributed by atoms with Gasteiger partial charge in [-0.2, -0.15) is 5.10 Å². The van der Waals surface area contributed by atoms with Crippen LogP contribution < -0.4 is 5.32 Å². The average Bonchev–Trinajstić information content (AvgIpc) is 2.56. The number of rotatable bonds is 6. The summed E-state index contributed by atoms with van der Waals surface area (Å²) in [6, 6.07) is 0.502. The van der Waals surface area contributed by atoms with Gasteiger partial charge in [-0.05, 0) is 58.7 Å². The van der Waals surface area contributed by atoms with Crippen LogP contribution in [0.5, 0.6) is 0 Å². The SMILES string of the molecule is CCC(C)n1nc(C)c(CC(C)CNC)c1C. The molecule has 17 heavy (non-hydrogen) atoms. The zero-order valence-corrected chi connectivity index (χ0v) is 12.2. The van der Waals surface area contributed by atoms with E-state index >= 15 is 0 Å². The van der Waals surface area contributed by atoms with Gasteiger partial charge in [-0.25, -0.2) is 0 Å². The Hall–Kier alpha value is -0.830. The molecule has 3 nitrogen and oxygen atoms in total. The van der Waals surface area contributed by atoms with Crippen molar-refractivity contribution in [2.45, 2.75) is 53.5 Å². The molecule has 0 bridgehead atoms. The molecule has 0 aliphatic rings. The minimum absolute atomic E-state index is 0.502. The monoisotopic (exact) mass is 237 g/mol. The first-order valence-corrected chi connectivity index (χ1v) is 6.70. The number of nitrogens with zero attached hydrogens (tertiary/aromatic N) is 2. The molecule has 3 heteroatoms. The molecule has 1 N–H and O–H groups in total. The molecule has 0 amide bonds. The second-order valence-electron chi connectivity index (χ2n) is 5.22. The van der Waals surface area contributed by atoms with Crippen LogP contribution in [-0.2, 0) is 6.42 Å². The fraction of sp³-hybridized carbons (Fsp3) is 0.786. The van der Waals surface area contributed by atoms with Crippen molar-refractivity contribution >= 4 is 0 Å². The number of nitrogens with one attached hydrogen (secondary N) is 1. The Kier molecular flexibility index (Phi) is 5.19. The molecule has 0 saturated carbocycles. The number of hydrogen-bond acceptors (Lipinski definition) is 2. The summed E-state index contributed by atoms with van der Waals surface area (Å²) >= 11 is 0. The summed E-state index contributed by atoms with van der Waals surface area (Å²) in [7, 11) is 2.01. The van der Waals surface area contributed by atoms with Crippen molar-refractivity contribution in [1.29, 1.82) is 0 Å². The predicted octanol–water partition coefficient (Wildman–Crippen LogP) is 2.87. The van der Waals surface area contributed by atoms with Gasteiger partial charge in [0.15, 0.2) is 0 Å². The van der Waals surface area contributed by atoms with E-state index < -0.39 is 0 Å². The summed E-state index contributed by atoms with van der Waals surface area (Å²) in [5, 5.41) is 7.93. The topological polar surface area (TPSA) is 29.9 Å². The largest absolute Gasteiger partial charge is 0.319 e. The van der Waals surface area contributed by atoms with Gasteiger partial charge in [-0.1, -0.05) is 13.8 Å². The van der Waals surface area contributed by atoms with E-state index in [0.29, 0.717) is 12.0 Å². The molecule has 1 rings (SSSR count). The Bertz CT molecular complexity index is 355. The maximum Gasteiger partial charge on any atom is 0.0628 e. The van der Waals surface area contributed by atoms with Crippen molar-refractivity contribution in [3.8, 4) is 0 Å². The van der Waals surface area contributed by atoms with Crippen molar-refractivity contribution in [2.75, 3.05) is 13.6 Å². The first kappa shape index (κ1) is 14.2. The van der Waals surface area contributed by atoms with Crippen LogP contribution >= 0.6 is 0 Å². The van der Waals surface area contributed by atoms with E-state index in [2.05, 4.69) is 44.6 Å². The van der Waals surface area contributed by atoms with Crippen LogP contribution in [0.4, 0.5) is 0 Å². The molecule has 1 aromatic rings. The van der Waals surface area contributed by atoms with Gasteiger partial charge in [-0.15, -0.1) is 0 Å². The van der Waals surface area contributed by atoms with Gasteiger partial charge in [0.25, 0.3) is 0 Å². The van der Waals surface area contributed by atoms with Crippen molar-refractivity contribution in [3.05, 3.63) is 17.0 Å². The van der Waals surface area contributed by atoms with Gasteiger partial charge < -0.3 is 5.32 Å². The molecule has 0 aromatic carbocycles. The van der Waals surface area contributed by atoms with E-state index in [1.165, 1.54) is 17.0 Å². The lowest BCUT2D eigenvalue weighted by molar-refractivity contribution is 0.463. The van der Waals surface area contributed by atoms with Crippen LogP contribution in [0.15, 0.2) is 0 Å². The Balaban J connectivity index is 2.89. The van der Waals surface area contributed by atoms with E-state index in [1.807, 2.05) is 7.05 Å². The number of hydrogen-bond donors (Lipinski definition) is 1. The number of aryl methyl sites for hydroxylation is 1. The fourth-order valence-corrected chi connectivity index (χ4v) is 2.36. The van der Waals surface area contributed by atoms with Crippen LogP contribution in [0.2, 0.25) is 0 Å². The van der Waals surface area contributed by atoms with Gasteiger partial charge in [0.05, 0.1) is 5.69 Å². The summed E-state index contributed by atoms with van der Waals surface area (Å²) in [5.74, 6) is 0.659. The highest BCUT2D eigenvalue weighted by Crippen LogP contribution is 2.21. The minimum Gasteiger partial charge on any atom is -0.319 e. The Morgan fingerprint density at radius 1 is 1.29 bits per heavy atom. The highest BCUT2D eigenvalue weighted by atomic mass is 15.3. The zero-order chi connectivity index (χ0) is 13.0. The lowest BCUT2D eigenvalue weighted by Gasteiger charge is -2.13. The summed E-state index contributed by atoms with van der Waals surface area (Å²) in [6.45, 7) is 12.1. The van der Waals surface area contributed by atoms with Crippen LogP contribution in [0.1, 0.15) is 50.2 Å². The van der Waals surface area contributed by atoms with Crippen LogP contribution in [0, 0.1) is 19.8 Å². The van der Waals surface area contributed by atoms with Gasteiger partial charge in [0.2, 0.25) is 0 Å². The molecular formula is C14H27N3. The van der Waals surface area contributed by atoms with E-state index in [4.69, 9.17) is 5.10 Å². The van der Waals surface area contributed by atoms with Crippen LogP contribution in [0.3, 0.4) is 0 Å². The Morgan fingerprint density at radius 3 is 2.47 bits per heavy atom. The average molecular weight is 237 g/mol. The molecule has 0 spiro atoms. The van der Waals surface area contributed by atoms with Gasteiger partial charge >= 0.3 is 0 Å². The Labute approximate surface area is 106 Å². The molecule has 0 aliphatic heterocycles. The lowest BCUT2D eigenvalue weighted by atomic mass is 9.99. The third kappa shape index (κ3) is 3.32. The van der Waals surface area contributed by atoms with Crippen molar-refractivity contribution in [3.63, 3.8) is 0 Å².